The zero-order valence-electron chi connectivity index (χ0n) is 24.4. The number of allylic oxidation sites excluding steroid dienone is 1. The van der Waals surface area contributed by atoms with Gasteiger partial charge >= 0.3 is 0 Å². The molecule has 1 atom stereocenters. The van der Waals surface area contributed by atoms with Crippen LogP contribution in [0.2, 0.25) is 0 Å². The Hall–Kier alpha value is -3.62. The van der Waals surface area contributed by atoms with Crippen LogP contribution in [-0.4, -0.2) is 47.1 Å². The Morgan fingerprint density at radius 1 is 1.05 bits per heavy atom. The van der Waals surface area contributed by atoms with Gasteiger partial charge in [0.2, 0.25) is 0 Å². The van der Waals surface area contributed by atoms with E-state index in [4.69, 9.17) is 19.2 Å². The number of rotatable bonds is 14. The summed E-state index contributed by atoms with van der Waals surface area (Å²) in [7, 11) is 1.63. The number of carbonyl (C=O) groups is 2. The second kappa shape index (κ2) is 12.3. The number of imide groups is 1. The van der Waals surface area contributed by atoms with E-state index < -0.39 is 11.8 Å². The zero-order chi connectivity index (χ0) is 29.0. The SMILES string of the molecule is C=C(C)OCCC(C)(C)OOC(CC(C)C)n1cc(CCN2C(=O)c3ccccc3C2=O)c2cc(OC)ccc21. The molecule has 8 nitrogen and oxygen atoms in total. The predicted octanol–water partition coefficient (Wildman–Crippen LogP) is 6.70. The molecule has 0 saturated carbocycles. The van der Waals surface area contributed by atoms with Gasteiger partial charge in [0.25, 0.3) is 11.8 Å². The van der Waals surface area contributed by atoms with E-state index in [1.807, 2.05) is 45.2 Å². The van der Waals surface area contributed by atoms with Gasteiger partial charge in [-0.1, -0.05) is 32.6 Å². The van der Waals surface area contributed by atoms with Gasteiger partial charge in [-0.15, -0.1) is 0 Å². The number of fused-ring (bicyclic) bond motifs is 2. The molecule has 0 spiro atoms. The molecule has 214 valence electrons. The molecule has 2 heterocycles. The van der Waals surface area contributed by atoms with E-state index in [-0.39, 0.29) is 18.4 Å². The van der Waals surface area contributed by atoms with Crippen LogP contribution in [0.4, 0.5) is 0 Å². The largest absolute Gasteiger partial charge is 0.499 e. The van der Waals surface area contributed by atoms with E-state index in [9.17, 15) is 9.59 Å². The van der Waals surface area contributed by atoms with Crippen LogP contribution in [-0.2, 0) is 20.9 Å². The zero-order valence-corrected chi connectivity index (χ0v) is 24.4. The number of hydrogen-bond acceptors (Lipinski definition) is 6. The Morgan fingerprint density at radius 2 is 1.73 bits per heavy atom. The van der Waals surface area contributed by atoms with Crippen molar-refractivity contribution in [3.8, 4) is 5.75 Å². The Balaban J connectivity index is 1.59. The molecule has 0 saturated heterocycles. The fraction of sp³-hybridized carbons (Fsp3) is 0.438. The summed E-state index contributed by atoms with van der Waals surface area (Å²) < 4.78 is 13.1. The van der Waals surface area contributed by atoms with Gasteiger partial charge in [-0.25, -0.2) is 9.78 Å². The fourth-order valence-corrected chi connectivity index (χ4v) is 4.84. The third-order valence-corrected chi connectivity index (χ3v) is 7.03. The van der Waals surface area contributed by atoms with Gasteiger partial charge in [-0.3, -0.25) is 14.5 Å². The fourth-order valence-electron chi connectivity index (χ4n) is 4.84. The Labute approximate surface area is 236 Å². The molecule has 8 heteroatoms. The summed E-state index contributed by atoms with van der Waals surface area (Å²) in [6, 6.07) is 12.9. The smallest absolute Gasteiger partial charge is 0.261 e. The summed E-state index contributed by atoms with van der Waals surface area (Å²) in [5.74, 6) is 1.21. The second-order valence-corrected chi connectivity index (χ2v) is 11.3. The third-order valence-electron chi connectivity index (χ3n) is 7.03. The highest BCUT2D eigenvalue weighted by Gasteiger charge is 2.35. The summed E-state index contributed by atoms with van der Waals surface area (Å²) in [6.45, 7) is 14.6. The Morgan fingerprint density at radius 3 is 2.33 bits per heavy atom. The molecule has 0 bridgehead atoms. The minimum Gasteiger partial charge on any atom is -0.499 e. The van der Waals surface area contributed by atoms with Crippen molar-refractivity contribution in [2.24, 2.45) is 5.92 Å². The molecule has 4 rings (SSSR count). The minimum absolute atomic E-state index is 0.255. The number of amides is 2. The normalized spacial score (nSPS) is 14.2. The van der Waals surface area contributed by atoms with Crippen LogP contribution in [0.15, 0.2) is 61.0 Å². The maximum Gasteiger partial charge on any atom is 0.261 e. The van der Waals surface area contributed by atoms with Crippen LogP contribution in [0.3, 0.4) is 0 Å². The van der Waals surface area contributed by atoms with Crippen LogP contribution >= 0.6 is 0 Å². The van der Waals surface area contributed by atoms with Crippen molar-refractivity contribution in [2.45, 2.75) is 65.7 Å². The molecule has 40 heavy (non-hydrogen) atoms. The Kier molecular flexibility index (Phi) is 9.01. The first-order valence-corrected chi connectivity index (χ1v) is 13.8. The van der Waals surface area contributed by atoms with Crippen molar-refractivity contribution < 1.29 is 28.8 Å². The van der Waals surface area contributed by atoms with E-state index in [1.54, 1.807) is 31.4 Å². The van der Waals surface area contributed by atoms with E-state index in [0.717, 1.165) is 22.2 Å². The lowest BCUT2D eigenvalue weighted by atomic mass is 10.1. The summed E-state index contributed by atoms with van der Waals surface area (Å²) in [5, 5.41) is 0.974. The highest BCUT2D eigenvalue weighted by Crippen LogP contribution is 2.33. The number of aromatic nitrogens is 1. The van der Waals surface area contributed by atoms with Crippen molar-refractivity contribution in [1.29, 1.82) is 0 Å². The van der Waals surface area contributed by atoms with E-state index in [0.29, 0.717) is 48.7 Å². The lowest BCUT2D eigenvalue weighted by molar-refractivity contribution is -0.396. The van der Waals surface area contributed by atoms with Gasteiger partial charge in [0.1, 0.15) is 11.4 Å². The molecule has 3 aromatic rings. The molecule has 0 radical (unpaired) electrons. The molecule has 1 aliphatic rings. The molecule has 2 amide bonds. The van der Waals surface area contributed by atoms with Crippen LogP contribution in [0.1, 0.15) is 80.0 Å². The number of ether oxygens (including phenoxy) is 2. The van der Waals surface area contributed by atoms with Crippen molar-refractivity contribution in [3.63, 3.8) is 0 Å². The van der Waals surface area contributed by atoms with Crippen LogP contribution in [0.25, 0.3) is 10.9 Å². The number of carbonyl (C=O) groups excluding carboxylic acids is 2. The van der Waals surface area contributed by atoms with Gasteiger partial charge in [0, 0.05) is 24.5 Å². The summed E-state index contributed by atoms with van der Waals surface area (Å²) in [4.78, 5) is 39.3. The molecule has 0 N–H and O–H groups in total. The first-order chi connectivity index (χ1) is 19.0. The highest BCUT2D eigenvalue weighted by atomic mass is 17.2. The maximum absolute atomic E-state index is 12.9. The van der Waals surface area contributed by atoms with Crippen LogP contribution in [0.5, 0.6) is 5.75 Å². The lowest BCUT2D eigenvalue weighted by Crippen LogP contribution is -2.31. The van der Waals surface area contributed by atoms with Gasteiger partial charge < -0.3 is 14.0 Å². The van der Waals surface area contributed by atoms with Crippen LogP contribution in [0, 0.1) is 5.92 Å². The van der Waals surface area contributed by atoms with Gasteiger partial charge in [-0.2, -0.15) is 0 Å². The van der Waals surface area contributed by atoms with Crippen molar-refractivity contribution in [1.82, 2.24) is 9.47 Å². The molecule has 0 aliphatic carbocycles. The van der Waals surface area contributed by atoms with Crippen molar-refractivity contribution in [3.05, 3.63) is 77.7 Å². The first-order valence-electron chi connectivity index (χ1n) is 13.8. The topological polar surface area (TPSA) is 79.2 Å². The van der Waals surface area contributed by atoms with Gasteiger partial charge in [-0.05, 0) is 75.4 Å². The number of benzene rings is 2. The van der Waals surface area contributed by atoms with Gasteiger partial charge in [0.05, 0.1) is 36.1 Å². The second-order valence-electron chi connectivity index (χ2n) is 11.3. The molecular weight excluding hydrogens is 508 g/mol. The number of hydrogen-bond donors (Lipinski definition) is 0. The molecule has 2 aromatic carbocycles. The van der Waals surface area contributed by atoms with Gasteiger partial charge in [0.15, 0.2) is 6.23 Å². The molecule has 1 aliphatic heterocycles. The maximum atomic E-state index is 12.9. The van der Waals surface area contributed by atoms with Crippen LogP contribution < -0.4 is 4.74 Å². The molecule has 1 unspecified atom stereocenters. The molecule has 0 fully saturated rings. The quantitative estimate of drug-likeness (QED) is 0.0965. The number of methoxy groups -OCH3 is 1. The molecule has 1 aromatic heterocycles. The summed E-state index contributed by atoms with van der Waals surface area (Å²) >= 11 is 0. The average Bonchev–Trinajstić information content (AvgIpc) is 3.39. The average molecular weight is 549 g/mol. The van der Waals surface area contributed by atoms with Crippen molar-refractivity contribution >= 4 is 22.7 Å². The highest BCUT2D eigenvalue weighted by molar-refractivity contribution is 6.21. The minimum atomic E-state index is -0.578. The summed E-state index contributed by atoms with van der Waals surface area (Å²) in [6.07, 6.45) is 3.47. The lowest BCUT2D eigenvalue weighted by Gasteiger charge is -2.28. The predicted molar refractivity (Wildman–Crippen MR) is 154 cm³/mol. The number of nitrogens with zero attached hydrogens (tertiary/aromatic N) is 2. The Bertz CT molecular complexity index is 1350. The third kappa shape index (κ3) is 6.57. The monoisotopic (exact) mass is 548 g/mol. The summed E-state index contributed by atoms with van der Waals surface area (Å²) in [5.41, 5.74) is 2.27. The van der Waals surface area contributed by atoms with E-state index in [1.165, 1.54) is 4.90 Å². The molecular formula is C32H40N2O6. The van der Waals surface area contributed by atoms with E-state index in [2.05, 4.69) is 25.0 Å². The first kappa shape index (κ1) is 29.4. The standard InChI is InChI=1S/C32H40N2O6/c1-21(2)18-29(39-40-32(5,6)15-17-38-22(3)4)34-20-23(27-19-24(37-7)12-13-28(27)34)14-16-33-30(35)25-10-8-9-11-26(25)31(33)36/h8-13,19-21,29H,3,14-18H2,1-2,4-7H3. The van der Waals surface area contributed by atoms with E-state index >= 15 is 0 Å². The van der Waals surface area contributed by atoms with Crippen molar-refractivity contribution in [2.75, 3.05) is 20.3 Å².